The highest BCUT2D eigenvalue weighted by molar-refractivity contribution is 7.17. The molecule has 1 aromatic heterocycles. The molecule has 5 heteroatoms. The number of carbonyl (C=O) groups is 2. The van der Waals surface area contributed by atoms with E-state index in [1.165, 1.54) is 11.3 Å². The zero-order valence-electron chi connectivity index (χ0n) is 14.6. The Balaban J connectivity index is 2.05. The average molecular weight is 365 g/mol. The number of thiophene rings is 1. The van der Waals surface area contributed by atoms with Crippen LogP contribution >= 0.6 is 11.3 Å². The molecule has 0 unspecified atom stereocenters. The molecular formula is C21H19NO3S. The molecule has 1 amide bonds. The number of anilines is 1. The molecule has 2 aromatic carbocycles. The van der Waals surface area contributed by atoms with Gasteiger partial charge in [0.15, 0.2) is 0 Å². The number of aryl methyl sites for hydroxylation is 1. The Morgan fingerprint density at radius 3 is 2.23 bits per heavy atom. The maximum atomic E-state index is 12.6. The summed E-state index contributed by atoms with van der Waals surface area (Å²) < 4.78 is 5.25. The third-order valence-electron chi connectivity index (χ3n) is 3.89. The molecule has 3 aromatic rings. The van der Waals surface area contributed by atoms with E-state index in [2.05, 4.69) is 5.32 Å². The Hall–Kier alpha value is -2.92. The van der Waals surface area contributed by atoms with Crippen LogP contribution in [0.4, 0.5) is 5.00 Å². The summed E-state index contributed by atoms with van der Waals surface area (Å²) in [5, 5.41) is 3.38. The Labute approximate surface area is 156 Å². The van der Waals surface area contributed by atoms with Gasteiger partial charge in [0, 0.05) is 16.0 Å². The van der Waals surface area contributed by atoms with Crippen LogP contribution in [0.3, 0.4) is 0 Å². The minimum absolute atomic E-state index is 0.253. The van der Waals surface area contributed by atoms with Crippen LogP contribution in [0.15, 0.2) is 60.7 Å². The first-order valence-corrected chi connectivity index (χ1v) is 9.15. The lowest BCUT2D eigenvalue weighted by molar-refractivity contribution is 0.0529. The summed E-state index contributed by atoms with van der Waals surface area (Å²) in [4.78, 5) is 26.1. The van der Waals surface area contributed by atoms with E-state index in [1.54, 1.807) is 31.2 Å². The van der Waals surface area contributed by atoms with Crippen molar-refractivity contribution in [2.75, 3.05) is 11.9 Å². The van der Waals surface area contributed by atoms with E-state index in [9.17, 15) is 9.59 Å². The predicted molar refractivity (Wildman–Crippen MR) is 105 cm³/mol. The van der Waals surface area contributed by atoms with E-state index in [0.29, 0.717) is 16.1 Å². The summed E-state index contributed by atoms with van der Waals surface area (Å²) in [7, 11) is 0. The van der Waals surface area contributed by atoms with E-state index in [0.717, 1.165) is 16.0 Å². The van der Waals surface area contributed by atoms with Crippen molar-refractivity contribution >= 4 is 28.2 Å². The SMILES string of the molecule is CCOC(=O)c1c(NC(=O)c2ccccc2)sc(C)c1-c1ccccc1. The van der Waals surface area contributed by atoms with Gasteiger partial charge in [-0.05, 0) is 31.5 Å². The first kappa shape index (κ1) is 17.9. The molecule has 4 nitrogen and oxygen atoms in total. The fourth-order valence-corrected chi connectivity index (χ4v) is 3.81. The van der Waals surface area contributed by atoms with Crippen LogP contribution in [-0.4, -0.2) is 18.5 Å². The van der Waals surface area contributed by atoms with Crippen molar-refractivity contribution in [1.82, 2.24) is 0 Å². The number of amides is 1. The fourth-order valence-electron chi connectivity index (χ4n) is 2.75. The van der Waals surface area contributed by atoms with Crippen LogP contribution < -0.4 is 5.32 Å². The van der Waals surface area contributed by atoms with Crippen molar-refractivity contribution in [3.05, 3.63) is 76.7 Å². The van der Waals surface area contributed by atoms with Crippen LogP contribution in [0.2, 0.25) is 0 Å². The van der Waals surface area contributed by atoms with E-state index < -0.39 is 5.97 Å². The van der Waals surface area contributed by atoms with Gasteiger partial charge >= 0.3 is 5.97 Å². The summed E-state index contributed by atoms with van der Waals surface area (Å²) in [6.07, 6.45) is 0. The van der Waals surface area contributed by atoms with Crippen molar-refractivity contribution in [2.24, 2.45) is 0 Å². The average Bonchev–Trinajstić information content (AvgIpc) is 2.99. The molecule has 0 aliphatic heterocycles. The van der Waals surface area contributed by atoms with E-state index in [4.69, 9.17) is 4.74 Å². The van der Waals surface area contributed by atoms with E-state index in [1.807, 2.05) is 43.3 Å². The van der Waals surface area contributed by atoms with Gasteiger partial charge in [0.05, 0.1) is 6.61 Å². The maximum absolute atomic E-state index is 12.6. The number of nitrogens with one attached hydrogen (secondary N) is 1. The number of hydrogen-bond donors (Lipinski definition) is 1. The zero-order chi connectivity index (χ0) is 18.5. The third kappa shape index (κ3) is 3.68. The molecule has 0 bridgehead atoms. The van der Waals surface area contributed by atoms with Crippen molar-refractivity contribution in [3.8, 4) is 11.1 Å². The fraction of sp³-hybridized carbons (Fsp3) is 0.143. The summed E-state index contributed by atoms with van der Waals surface area (Å²) in [6.45, 7) is 3.98. The molecule has 0 saturated carbocycles. The normalized spacial score (nSPS) is 10.4. The van der Waals surface area contributed by atoms with Gasteiger partial charge < -0.3 is 10.1 Å². The topological polar surface area (TPSA) is 55.4 Å². The minimum Gasteiger partial charge on any atom is -0.462 e. The molecule has 0 spiro atoms. The van der Waals surface area contributed by atoms with Gasteiger partial charge in [0.25, 0.3) is 5.91 Å². The highest BCUT2D eigenvalue weighted by Crippen LogP contribution is 2.40. The molecule has 1 N–H and O–H groups in total. The largest absolute Gasteiger partial charge is 0.462 e. The van der Waals surface area contributed by atoms with E-state index >= 15 is 0 Å². The highest BCUT2D eigenvalue weighted by atomic mass is 32.1. The second-order valence-corrected chi connectivity index (χ2v) is 6.87. The lowest BCUT2D eigenvalue weighted by Crippen LogP contribution is -2.14. The van der Waals surface area contributed by atoms with Gasteiger partial charge in [0.2, 0.25) is 0 Å². The Morgan fingerprint density at radius 2 is 1.62 bits per heavy atom. The monoisotopic (exact) mass is 365 g/mol. The molecular weight excluding hydrogens is 346 g/mol. The van der Waals surface area contributed by atoms with Crippen molar-refractivity contribution in [2.45, 2.75) is 13.8 Å². The van der Waals surface area contributed by atoms with Gasteiger partial charge in [-0.2, -0.15) is 0 Å². The van der Waals surface area contributed by atoms with Gasteiger partial charge in [-0.3, -0.25) is 4.79 Å². The Bertz CT molecular complexity index is 917. The molecule has 0 aliphatic carbocycles. The van der Waals surface area contributed by atoms with Crippen LogP contribution in [-0.2, 0) is 4.74 Å². The lowest BCUT2D eigenvalue weighted by Gasteiger charge is -2.09. The number of esters is 1. The predicted octanol–water partition coefficient (Wildman–Crippen LogP) is 5.15. The number of ether oxygens (including phenoxy) is 1. The maximum Gasteiger partial charge on any atom is 0.341 e. The van der Waals surface area contributed by atoms with Crippen molar-refractivity contribution < 1.29 is 14.3 Å². The van der Waals surface area contributed by atoms with Gasteiger partial charge in [0.1, 0.15) is 10.6 Å². The third-order valence-corrected chi connectivity index (χ3v) is 4.91. The summed E-state index contributed by atoms with van der Waals surface area (Å²) >= 11 is 1.38. The molecule has 0 radical (unpaired) electrons. The number of carbonyl (C=O) groups excluding carboxylic acids is 2. The van der Waals surface area contributed by atoms with Gasteiger partial charge in [-0.15, -0.1) is 11.3 Å². The quantitative estimate of drug-likeness (QED) is 0.636. The first-order valence-electron chi connectivity index (χ1n) is 8.34. The standard InChI is InChI=1S/C21H19NO3S/c1-3-25-21(24)18-17(15-10-6-4-7-11-15)14(2)26-20(18)22-19(23)16-12-8-5-9-13-16/h4-13H,3H2,1-2H3,(H,22,23). The zero-order valence-corrected chi connectivity index (χ0v) is 15.4. The van der Waals surface area contributed by atoms with Gasteiger partial charge in [-0.1, -0.05) is 48.5 Å². The number of benzene rings is 2. The second kappa shape index (κ2) is 7.97. The molecule has 0 fully saturated rings. The second-order valence-electron chi connectivity index (χ2n) is 5.64. The van der Waals surface area contributed by atoms with Crippen molar-refractivity contribution in [1.29, 1.82) is 0 Å². The minimum atomic E-state index is -0.431. The molecule has 3 rings (SSSR count). The van der Waals surface area contributed by atoms with Crippen LogP contribution in [0, 0.1) is 6.92 Å². The van der Waals surface area contributed by atoms with Crippen LogP contribution in [0.25, 0.3) is 11.1 Å². The smallest absolute Gasteiger partial charge is 0.341 e. The first-order chi connectivity index (χ1) is 12.6. The van der Waals surface area contributed by atoms with E-state index in [-0.39, 0.29) is 12.5 Å². The summed E-state index contributed by atoms with van der Waals surface area (Å²) in [5.41, 5.74) is 2.67. The van der Waals surface area contributed by atoms with Gasteiger partial charge in [-0.25, -0.2) is 4.79 Å². The molecule has 26 heavy (non-hydrogen) atoms. The highest BCUT2D eigenvalue weighted by Gasteiger charge is 2.25. The molecule has 132 valence electrons. The molecule has 0 aliphatic rings. The summed E-state index contributed by atoms with van der Waals surface area (Å²) in [5.74, 6) is -0.684. The molecule has 1 heterocycles. The Kier molecular flexibility index (Phi) is 5.49. The van der Waals surface area contributed by atoms with Crippen molar-refractivity contribution in [3.63, 3.8) is 0 Å². The van der Waals surface area contributed by atoms with Crippen LogP contribution in [0.5, 0.6) is 0 Å². The van der Waals surface area contributed by atoms with Crippen LogP contribution in [0.1, 0.15) is 32.5 Å². The Morgan fingerprint density at radius 1 is 1.00 bits per heavy atom. The molecule has 0 saturated heterocycles. The lowest BCUT2D eigenvalue weighted by atomic mass is 10.0. The number of rotatable bonds is 5. The summed E-state index contributed by atoms with van der Waals surface area (Å²) in [6, 6.07) is 18.6. The molecule has 0 atom stereocenters. The number of hydrogen-bond acceptors (Lipinski definition) is 4.